The summed E-state index contributed by atoms with van der Waals surface area (Å²) in [5.41, 5.74) is 3.92. The van der Waals surface area contributed by atoms with E-state index in [4.69, 9.17) is 0 Å². The van der Waals surface area contributed by atoms with Gasteiger partial charge >= 0.3 is 0 Å². The molecule has 2 aromatic rings. The Hall–Kier alpha value is -2.62. The Morgan fingerprint density at radius 1 is 0.857 bits per heavy atom. The molecule has 0 atom stereocenters. The predicted molar refractivity (Wildman–Crippen MR) is 84.6 cm³/mol. The minimum absolute atomic E-state index is 0.139. The molecule has 0 aliphatic heterocycles. The number of carbonyl (C=O) groups excluding carboxylic acids is 2. The van der Waals surface area contributed by atoms with Crippen molar-refractivity contribution in [1.82, 2.24) is 0 Å². The number of nitrogens with one attached hydrogen (secondary N) is 2. The zero-order valence-corrected chi connectivity index (χ0v) is 12.4. The van der Waals surface area contributed by atoms with Crippen molar-refractivity contribution in [3.63, 3.8) is 0 Å². The summed E-state index contributed by atoms with van der Waals surface area (Å²) in [6.07, 6.45) is 0. The molecule has 0 saturated carbocycles. The fourth-order valence-electron chi connectivity index (χ4n) is 2.00. The van der Waals surface area contributed by atoms with Gasteiger partial charge in [0.15, 0.2) is 0 Å². The molecular formula is C17H18N2O2. The topological polar surface area (TPSA) is 58.2 Å². The lowest BCUT2D eigenvalue weighted by atomic mass is 10.1. The zero-order valence-electron chi connectivity index (χ0n) is 12.4. The van der Waals surface area contributed by atoms with Gasteiger partial charge in [-0.1, -0.05) is 23.8 Å². The molecule has 2 rings (SSSR count). The van der Waals surface area contributed by atoms with Crippen LogP contribution in [0.3, 0.4) is 0 Å². The van der Waals surface area contributed by atoms with Gasteiger partial charge in [0.25, 0.3) is 5.91 Å². The van der Waals surface area contributed by atoms with E-state index in [9.17, 15) is 9.59 Å². The summed E-state index contributed by atoms with van der Waals surface area (Å²) in [7, 11) is 0. The van der Waals surface area contributed by atoms with E-state index in [1.807, 2.05) is 32.0 Å². The van der Waals surface area contributed by atoms with Crippen LogP contribution in [-0.4, -0.2) is 11.8 Å². The molecule has 0 unspecified atom stereocenters. The van der Waals surface area contributed by atoms with E-state index in [2.05, 4.69) is 10.6 Å². The van der Waals surface area contributed by atoms with Crippen LogP contribution in [0.2, 0.25) is 0 Å². The summed E-state index contributed by atoms with van der Waals surface area (Å²) in [5.74, 6) is -0.307. The smallest absolute Gasteiger partial charge is 0.255 e. The van der Waals surface area contributed by atoms with E-state index in [1.54, 1.807) is 24.3 Å². The molecule has 0 aliphatic carbocycles. The quantitative estimate of drug-likeness (QED) is 0.905. The van der Waals surface area contributed by atoms with Crippen molar-refractivity contribution in [3.8, 4) is 0 Å². The highest BCUT2D eigenvalue weighted by Gasteiger charge is 2.10. The molecular weight excluding hydrogens is 264 g/mol. The normalized spacial score (nSPS) is 10.0. The summed E-state index contributed by atoms with van der Waals surface area (Å²) >= 11 is 0. The van der Waals surface area contributed by atoms with E-state index in [-0.39, 0.29) is 11.8 Å². The van der Waals surface area contributed by atoms with E-state index >= 15 is 0 Å². The van der Waals surface area contributed by atoms with Crippen LogP contribution in [0.25, 0.3) is 0 Å². The minimum atomic E-state index is -0.168. The second-order valence-corrected chi connectivity index (χ2v) is 4.98. The Labute approximate surface area is 124 Å². The number of rotatable bonds is 3. The first-order valence-electron chi connectivity index (χ1n) is 6.72. The van der Waals surface area contributed by atoms with Crippen LogP contribution in [0.1, 0.15) is 28.4 Å². The Kier molecular flexibility index (Phi) is 4.38. The average molecular weight is 282 g/mol. The lowest BCUT2D eigenvalue weighted by Crippen LogP contribution is -2.14. The zero-order chi connectivity index (χ0) is 15.4. The van der Waals surface area contributed by atoms with Crippen LogP contribution in [0, 0.1) is 13.8 Å². The molecule has 0 spiro atoms. The standard InChI is InChI=1S/C17H18N2O2/c1-11-7-9-14(10-8-11)17(21)19-16-6-4-5-15(12(16)2)18-13(3)20/h4-10H,1-3H3,(H,18,20)(H,19,21). The predicted octanol–water partition coefficient (Wildman–Crippen LogP) is 3.51. The summed E-state index contributed by atoms with van der Waals surface area (Å²) < 4.78 is 0. The summed E-state index contributed by atoms with van der Waals surface area (Å²) in [4.78, 5) is 23.4. The molecule has 0 heterocycles. The molecule has 4 nitrogen and oxygen atoms in total. The fraction of sp³-hybridized carbons (Fsp3) is 0.176. The minimum Gasteiger partial charge on any atom is -0.326 e. The monoisotopic (exact) mass is 282 g/mol. The van der Waals surface area contributed by atoms with Crippen LogP contribution in [0.15, 0.2) is 42.5 Å². The van der Waals surface area contributed by atoms with Crippen LogP contribution in [0.5, 0.6) is 0 Å². The van der Waals surface area contributed by atoms with Crippen molar-refractivity contribution in [2.24, 2.45) is 0 Å². The number of carbonyl (C=O) groups is 2. The molecule has 108 valence electrons. The van der Waals surface area contributed by atoms with Crippen molar-refractivity contribution in [2.75, 3.05) is 10.6 Å². The summed E-state index contributed by atoms with van der Waals surface area (Å²) in [6, 6.07) is 12.8. The number of aryl methyl sites for hydroxylation is 1. The van der Waals surface area contributed by atoms with Gasteiger partial charge in [0.05, 0.1) is 0 Å². The molecule has 0 aromatic heterocycles. The maximum Gasteiger partial charge on any atom is 0.255 e. The Morgan fingerprint density at radius 3 is 2.00 bits per heavy atom. The van der Waals surface area contributed by atoms with Crippen molar-refractivity contribution in [2.45, 2.75) is 20.8 Å². The Balaban J connectivity index is 2.21. The van der Waals surface area contributed by atoms with Crippen molar-refractivity contribution >= 4 is 23.2 Å². The highest BCUT2D eigenvalue weighted by Crippen LogP contribution is 2.23. The van der Waals surface area contributed by atoms with E-state index in [0.29, 0.717) is 16.9 Å². The Morgan fingerprint density at radius 2 is 1.43 bits per heavy atom. The molecule has 4 heteroatoms. The molecule has 21 heavy (non-hydrogen) atoms. The van der Waals surface area contributed by atoms with Crippen LogP contribution < -0.4 is 10.6 Å². The Bertz CT molecular complexity index is 676. The first-order chi connectivity index (χ1) is 9.97. The van der Waals surface area contributed by atoms with Crippen LogP contribution in [0.4, 0.5) is 11.4 Å². The highest BCUT2D eigenvalue weighted by atomic mass is 16.2. The van der Waals surface area contributed by atoms with E-state index in [1.165, 1.54) is 6.92 Å². The van der Waals surface area contributed by atoms with Gasteiger partial charge in [-0.15, -0.1) is 0 Å². The number of anilines is 2. The van der Waals surface area contributed by atoms with E-state index < -0.39 is 0 Å². The molecule has 0 bridgehead atoms. The van der Waals surface area contributed by atoms with Crippen LogP contribution >= 0.6 is 0 Å². The van der Waals surface area contributed by atoms with Crippen molar-refractivity contribution in [3.05, 3.63) is 59.2 Å². The molecule has 0 aliphatic rings. The van der Waals surface area contributed by atoms with Crippen molar-refractivity contribution in [1.29, 1.82) is 0 Å². The van der Waals surface area contributed by atoms with Gasteiger partial charge in [-0.25, -0.2) is 0 Å². The third-order valence-corrected chi connectivity index (χ3v) is 3.21. The molecule has 2 N–H and O–H groups in total. The molecule has 0 radical (unpaired) electrons. The van der Waals surface area contributed by atoms with Crippen LogP contribution in [-0.2, 0) is 4.79 Å². The fourth-order valence-corrected chi connectivity index (χ4v) is 2.00. The average Bonchev–Trinajstić information content (AvgIpc) is 2.43. The molecule has 0 saturated heterocycles. The first-order valence-corrected chi connectivity index (χ1v) is 6.72. The SMILES string of the molecule is CC(=O)Nc1cccc(NC(=O)c2ccc(C)cc2)c1C. The number of hydrogen-bond donors (Lipinski definition) is 2. The first kappa shape index (κ1) is 14.8. The lowest BCUT2D eigenvalue weighted by Gasteiger charge is -2.12. The molecule has 0 fully saturated rings. The van der Waals surface area contributed by atoms with Crippen molar-refractivity contribution < 1.29 is 9.59 Å². The number of amides is 2. The third-order valence-electron chi connectivity index (χ3n) is 3.21. The molecule has 2 aromatic carbocycles. The van der Waals surface area contributed by atoms with Gasteiger partial charge in [0.1, 0.15) is 0 Å². The number of hydrogen-bond acceptors (Lipinski definition) is 2. The van der Waals surface area contributed by atoms with Gasteiger partial charge in [0.2, 0.25) is 5.91 Å². The van der Waals surface area contributed by atoms with Gasteiger partial charge < -0.3 is 10.6 Å². The third kappa shape index (κ3) is 3.69. The summed E-state index contributed by atoms with van der Waals surface area (Å²) in [5, 5.41) is 5.61. The molecule has 2 amide bonds. The maximum atomic E-state index is 12.2. The van der Waals surface area contributed by atoms with Gasteiger partial charge in [0, 0.05) is 23.9 Å². The largest absolute Gasteiger partial charge is 0.326 e. The number of benzene rings is 2. The van der Waals surface area contributed by atoms with Gasteiger partial charge in [-0.2, -0.15) is 0 Å². The van der Waals surface area contributed by atoms with Gasteiger partial charge in [-0.05, 0) is 43.7 Å². The summed E-state index contributed by atoms with van der Waals surface area (Å²) in [6.45, 7) is 5.29. The second-order valence-electron chi connectivity index (χ2n) is 4.98. The maximum absolute atomic E-state index is 12.2. The van der Waals surface area contributed by atoms with Gasteiger partial charge in [-0.3, -0.25) is 9.59 Å². The highest BCUT2D eigenvalue weighted by molar-refractivity contribution is 6.05. The van der Waals surface area contributed by atoms with E-state index in [0.717, 1.165) is 11.1 Å². The second kappa shape index (κ2) is 6.22. The lowest BCUT2D eigenvalue weighted by molar-refractivity contribution is -0.114.